The molecule has 0 amide bonds. The third kappa shape index (κ3) is 4.90. The summed E-state index contributed by atoms with van der Waals surface area (Å²) < 4.78 is 10.5. The fraction of sp³-hybridized carbons (Fsp3) is 0.692. The number of nitrogen functional groups attached to an aromatic ring is 1. The van der Waals surface area contributed by atoms with Crippen molar-refractivity contribution in [2.75, 3.05) is 31.4 Å². The van der Waals surface area contributed by atoms with Crippen LogP contribution < -0.4 is 15.8 Å². The Balaban J connectivity index is 2.95. The topological polar surface area (TPSA) is 82.3 Å². The molecule has 0 aliphatic carbocycles. The maximum Gasteiger partial charge on any atom is 0.242 e. The van der Waals surface area contributed by atoms with E-state index < -0.39 is 0 Å². The lowest BCUT2D eigenvalue weighted by molar-refractivity contribution is 0.144. The van der Waals surface area contributed by atoms with Crippen LogP contribution in [0.3, 0.4) is 0 Å². The molecule has 1 rings (SSSR count). The van der Waals surface area contributed by atoms with Gasteiger partial charge in [0.05, 0.1) is 6.61 Å². The smallest absolute Gasteiger partial charge is 0.242 e. The second kappa shape index (κ2) is 7.78. The van der Waals surface area contributed by atoms with Crippen molar-refractivity contribution in [2.45, 2.75) is 39.7 Å². The molecule has 19 heavy (non-hydrogen) atoms. The first-order valence-electron chi connectivity index (χ1n) is 6.63. The van der Waals surface area contributed by atoms with E-state index in [0.29, 0.717) is 30.6 Å². The predicted octanol–water partition coefficient (Wildman–Crippen LogP) is 1.86. The van der Waals surface area contributed by atoms with Gasteiger partial charge in [-0.05, 0) is 20.3 Å². The number of methoxy groups -OCH3 is 1. The van der Waals surface area contributed by atoms with Crippen molar-refractivity contribution >= 4 is 11.5 Å². The molecule has 6 heteroatoms. The zero-order valence-corrected chi connectivity index (χ0v) is 12.2. The Kier molecular flexibility index (Phi) is 6.35. The van der Waals surface area contributed by atoms with Crippen LogP contribution in [-0.4, -0.2) is 36.3 Å². The van der Waals surface area contributed by atoms with Gasteiger partial charge in [0.1, 0.15) is 18.1 Å². The van der Waals surface area contributed by atoms with Gasteiger partial charge >= 0.3 is 0 Å². The molecule has 0 bridgehead atoms. The van der Waals surface area contributed by atoms with Gasteiger partial charge in [-0.3, -0.25) is 0 Å². The Hall–Kier alpha value is -1.56. The summed E-state index contributed by atoms with van der Waals surface area (Å²) in [6, 6.07) is 0.249. The van der Waals surface area contributed by atoms with Crippen molar-refractivity contribution in [2.24, 2.45) is 0 Å². The standard InChI is InChI=1S/C13H24N4O2/c1-5-6-10-16-12(15-9(2)3)11(14)13(17-10)19-8-7-18-4/h9H,5-8,14H2,1-4H3,(H,15,16,17). The van der Waals surface area contributed by atoms with Crippen molar-refractivity contribution in [1.29, 1.82) is 0 Å². The lowest BCUT2D eigenvalue weighted by Gasteiger charge is -2.15. The van der Waals surface area contributed by atoms with Crippen LogP contribution in [0.4, 0.5) is 11.5 Å². The molecule has 0 atom stereocenters. The van der Waals surface area contributed by atoms with Crippen molar-refractivity contribution in [1.82, 2.24) is 9.97 Å². The Morgan fingerprint density at radius 3 is 2.58 bits per heavy atom. The summed E-state index contributed by atoms with van der Waals surface area (Å²) in [6.07, 6.45) is 1.77. The molecule has 0 aliphatic heterocycles. The molecule has 0 unspecified atom stereocenters. The highest BCUT2D eigenvalue weighted by molar-refractivity contribution is 5.67. The lowest BCUT2D eigenvalue weighted by atomic mass is 10.3. The van der Waals surface area contributed by atoms with Gasteiger partial charge in [0.2, 0.25) is 5.88 Å². The molecule has 0 fully saturated rings. The summed E-state index contributed by atoms with van der Waals surface area (Å²) in [4.78, 5) is 8.78. The van der Waals surface area contributed by atoms with Crippen LogP contribution in [0.15, 0.2) is 0 Å². The molecule has 0 radical (unpaired) electrons. The predicted molar refractivity (Wildman–Crippen MR) is 76.6 cm³/mol. The maximum atomic E-state index is 6.03. The molecule has 3 N–H and O–H groups in total. The van der Waals surface area contributed by atoms with E-state index in [4.69, 9.17) is 15.2 Å². The molecule has 0 saturated carbocycles. The second-order valence-electron chi connectivity index (χ2n) is 4.60. The normalized spacial score (nSPS) is 10.8. The van der Waals surface area contributed by atoms with Crippen LogP contribution in [0, 0.1) is 0 Å². The largest absolute Gasteiger partial charge is 0.474 e. The minimum absolute atomic E-state index is 0.249. The molecule has 0 aromatic carbocycles. The van der Waals surface area contributed by atoms with Crippen LogP contribution in [0.1, 0.15) is 33.0 Å². The van der Waals surface area contributed by atoms with Crippen molar-refractivity contribution < 1.29 is 9.47 Å². The lowest BCUT2D eigenvalue weighted by Crippen LogP contribution is -2.16. The Morgan fingerprint density at radius 2 is 2.00 bits per heavy atom. The number of hydrogen-bond donors (Lipinski definition) is 2. The van der Waals surface area contributed by atoms with Crippen LogP contribution in [0.5, 0.6) is 5.88 Å². The molecule has 1 aromatic heterocycles. The molecule has 6 nitrogen and oxygen atoms in total. The number of ether oxygens (including phenoxy) is 2. The third-order valence-corrected chi connectivity index (χ3v) is 2.38. The summed E-state index contributed by atoms with van der Waals surface area (Å²) >= 11 is 0. The van der Waals surface area contributed by atoms with E-state index >= 15 is 0 Å². The van der Waals surface area contributed by atoms with Gasteiger partial charge < -0.3 is 20.5 Å². The van der Waals surface area contributed by atoms with E-state index in [1.54, 1.807) is 7.11 Å². The van der Waals surface area contributed by atoms with Gasteiger partial charge in [0.15, 0.2) is 5.82 Å². The molecule has 0 spiro atoms. The summed E-state index contributed by atoms with van der Waals surface area (Å²) in [6.45, 7) is 7.07. The quantitative estimate of drug-likeness (QED) is 0.700. The van der Waals surface area contributed by atoms with Crippen molar-refractivity contribution in [3.63, 3.8) is 0 Å². The number of anilines is 2. The van der Waals surface area contributed by atoms with E-state index in [1.165, 1.54) is 0 Å². The van der Waals surface area contributed by atoms with E-state index in [0.717, 1.165) is 18.7 Å². The zero-order valence-electron chi connectivity index (χ0n) is 12.2. The van der Waals surface area contributed by atoms with Gasteiger partial charge in [-0.25, -0.2) is 4.98 Å². The number of aryl methyl sites for hydroxylation is 1. The van der Waals surface area contributed by atoms with Crippen LogP contribution in [0.25, 0.3) is 0 Å². The first kappa shape index (κ1) is 15.5. The second-order valence-corrected chi connectivity index (χ2v) is 4.60. The molecule has 1 aromatic rings. The van der Waals surface area contributed by atoms with Crippen LogP contribution >= 0.6 is 0 Å². The summed E-state index contributed by atoms with van der Waals surface area (Å²) in [5.41, 5.74) is 6.47. The molecule has 108 valence electrons. The van der Waals surface area contributed by atoms with Crippen LogP contribution in [-0.2, 0) is 11.2 Å². The Morgan fingerprint density at radius 1 is 1.26 bits per heavy atom. The number of hydrogen-bond acceptors (Lipinski definition) is 6. The van der Waals surface area contributed by atoms with Crippen LogP contribution in [0.2, 0.25) is 0 Å². The number of rotatable bonds is 8. The van der Waals surface area contributed by atoms with Crippen molar-refractivity contribution in [3.05, 3.63) is 5.82 Å². The van der Waals surface area contributed by atoms with E-state index in [-0.39, 0.29) is 6.04 Å². The molecule has 1 heterocycles. The summed E-state index contributed by atoms with van der Waals surface area (Å²) in [7, 11) is 1.63. The van der Waals surface area contributed by atoms with Gasteiger partial charge in [0, 0.05) is 19.6 Å². The molecule has 0 aliphatic rings. The third-order valence-electron chi connectivity index (χ3n) is 2.38. The number of nitrogens with one attached hydrogen (secondary N) is 1. The minimum Gasteiger partial charge on any atom is -0.474 e. The highest BCUT2D eigenvalue weighted by Crippen LogP contribution is 2.26. The average molecular weight is 268 g/mol. The molecule has 0 saturated heterocycles. The van der Waals surface area contributed by atoms with E-state index in [1.807, 2.05) is 13.8 Å². The summed E-state index contributed by atoms with van der Waals surface area (Å²) in [5.74, 6) is 1.81. The molecular formula is C13H24N4O2. The molecular weight excluding hydrogens is 244 g/mol. The zero-order chi connectivity index (χ0) is 14.3. The van der Waals surface area contributed by atoms with Gasteiger partial charge in [-0.2, -0.15) is 4.98 Å². The first-order chi connectivity index (χ1) is 9.08. The summed E-state index contributed by atoms with van der Waals surface area (Å²) in [5, 5.41) is 3.22. The first-order valence-corrected chi connectivity index (χ1v) is 6.63. The Labute approximate surface area is 114 Å². The highest BCUT2D eigenvalue weighted by atomic mass is 16.5. The fourth-order valence-electron chi connectivity index (χ4n) is 1.54. The fourth-order valence-corrected chi connectivity index (χ4v) is 1.54. The minimum atomic E-state index is 0.249. The van der Waals surface area contributed by atoms with E-state index in [9.17, 15) is 0 Å². The van der Waals surface area contributed by atoms with E-state index in [2.05, 4.69) is 22.2 Å². The number of nitrogens with two attached hydrogens (primary N) is 1. The maximum absolute atomic E-state index is 6.03. The van der Waals surface area contributed by atoms with Gasteiger partial charge in [-0.15, -0.1) is 0 Å². The van der Waals surface area contributed by atoms with Gasteiger partial charge in [0.25, 0.3) is 0 Å². The van der Waals surface area contributed by atoms with Crippen molar-refractivity contribution in [3.8, 4) is 5.88 Å². The Bertz CT molecular complexity index is 396. The average Bonchev–Trinajstić information content (AvgIpc) is 2.34. The van der Waals surface area contributed by atoms with Gasteiger partial charge in [-0.1, -0.05) is 6.92 Å². The number of nitrogens with zero attached hydrogens (tertiary/aromatic N) is 2. The number of aromatic nitrogens is 2. The monoisotopic (exact) mass is 268 g/mol. The highest BCUT2D eigenvalue weighted by Gasteiger charge is 2.13. The SMILES string of the molecule is CCCc1nc(NC(C)C)c(N)c(OCCOC)n1.